The van der Waals surface area contributed by atoms with Crippen LogP contribution in [0.4, 0.5) is 5.00 Å². The monoisotopic (exact) mass is 409 g/mol. The molecule has 1 saturated heterocycles. The van der Waals surface area contributed by atoms with Crippen LogP contribution >= 0.6 is 23.1 Å². The van der Waals surface area contributed by atoms with Crippen molar-refractivity contribution in [3.05, 3.63) is 16.0 Å². The lowest BCUT2D eigenvalue weighted by Crippen LogP contribution is -2.28. The Morgan fingerprint density at radius 2 is 2.00 bits per heavy atom. The van der Waals surface area contributed by atoms with Crippen molar-refractivity contribution in [2.45, 2.75) is 63.7 Å². The molecule has 2 heterocycles. The Morgan fingerprint density at radius 1 is 1.30 bits per heavy atom. The molecule has 3 N–H and O–H groups in total. The van der Waals surface area contributed by atoms with Gasteiger partial charge in [-0.05, 0) is 52.0 Å². The first kappa shape index (κ1) is 19.9. The molecule has 1 aliphatic heterocycles. The number of rotatable bonds is 4. The van der Waals surface area contributed by atoms with E-state index in [2.05, 4.69) is 10.6 Å². The normalized spacial score (nSPS) is 19.4. The van der Waals surface area contributed by atoms with E-state index in [4.69, 9.17) is 10.1 Å². The molecule has 2 aliphatic rings. The molecule has 27 heavy (non-hydrogen) atoms. The number of esters is 1. The Bertz CT molecular complexity index is 810. The Kier molecular flexibility index (Phi) is 5.62. The van der Waals surface area contributed by atoms with E-state index < -0.39 is 16.8 Å². The van der Waals surface area contributed by atoms with Gasteiger partial charge >= 0.3 is 5.97 Å². The number of fused-ring (bicyclic) bond motifs is 1. The summed E-state index contributed by atoms with van der Waals surface area (Å²) in [4.78, 5) is 38.1. The van der Waals surface area contributed by atoms with Gasteiger partial charge in [0.1, 0.15) is 15.9 Å². The van der Waals surface area contributed by atoms with Gasteiger partial charge in [0.05, 0.1) is 5.56 Å². The summed E-state index contributed by atoms with van der Waals surface area (Å²) in [5, 5.41) is 12.6. The zero-order valence-electron chi connectivity index (χ0n) is 15.6. The number of carbonyl (C=O) groups is 3. The molecule has 1 unspecified atom stereocenters. The predicted octanol–water partition coefficient (Wildman–Crippen LogP) is 3.08. The molecule has 3 rings (SSSR count). The van der Waals surface area contributed by atoms with Crippen LogP contribution in [-0.4, -0.2) is 33.8 Å². The second kappa shape index (κ2) is 7.63. The first-order valence-electron chi connectivity index (χ1n) is 8.88. The molecule has 1 fully saturated rings. The summed E-state index contributed by atoms with van der Waals surface area (Å²) in [6, 6.07) is 0. The lowest BCUT2D eigenvalue weighted by atomic mass is 9.95. The van der Waals surface area contributed by atoms with Gasteiger partial charge in [0.15, 0.2) is 5.17 Å². The number of amides is 2. The molecule has 7 nitrogen and oxygen atoms in total. The molecule has 1 aromatic rings. The Balaban J connectivity index is 1.81. The van der Waals surface area contributed by atoms with E-state index in [0.717, 1.165) is 47.9 Å². The molecule has 0 saturated carbocycles. The smallest absolute Gasteiger partial charge is 0.341 e. The highest BCUT2D eigenvalue weighted by atomic mass is 32.2. The van der Waals surface area contributed by atoms with E-state index in [1.54, 1.807) is 0 Å². The summed E-state index contributed by atoms with van der Waals surface area (Å²) >= 11 is 2.45. The second-order valence-electron chi connectivity index (χ2n) is 7.59. The molecule has 9 heteroatoms. The highest BCUT2D eigenvalue weighted by Crippen LogP contribution is 2.39. The summed E-state index contributed by atoms with van der Waals surface area (Å²) in [5.41, 5.74) is 0.806. The Morgan fingerprint density at radius 3 is 2.63 bits per heavy atom. The number of thiophene rings is 1. The molecular weight excluding hydrogens is 386 g/mol. The van der Waals surface area contributed by atoms with E-state index in [9.17, 15) is 14.4 Å². The van der Waals surface area contributed by atoms with Crippen LogP contribution in [0.5, 0.6) is 0 Å². The van der Waals surface area contributed by atoms with Gasteiger partial charge in [-0.3, -0.25) is 15.0 Å². The maximum atomic E-state index is 12.8. The van der Waals surface area contributed by atoms with Crippen LogP contribution in [0.1, 0.15) is 60.8 Å². The maximum Gasteiger partial charge on any atom is 0.341 e. The number of anilines is 1. The van der Waals surface area contributed by atoms with Crippen LogP contribution in [0.25, 0.3) is 0 Å². The van der Waals surface area contributed by atoms with E-state index in [1.165, 1.54) is 11.3 Å². The fourth-order valence-corrected chi connectivity index (χ4v) is 5.24. The zero-order valence-corrected chi connectivity index (χ0v) is 17.2. The maximum absolute atomic E-state index is 12.8. The molecule has 0 spiro atoms. The Labute approximate surface area is 166 Å². The molecular formula is C18H23N3O4S2. The third-order valence-corrected chi connectivity index (χ3v) is 6.40. The van der Waals surface area contributed by atoms with Crippen LogP contribution in [0.2, 0.25) is 0 Å². The van der Waals surface area contributed by atoms with Crippen molar-refractivity contribution < 1.29 is 19.1 Å². The van der Waals surface area contributed by atoms with Crippen molar-refractivity contribution in [2.75, 3.05) is 5.32 Å². The minimum absolute atomic E-state index is 0.0464. The molecule has 1 atom stereocenters. The van der Waals surface area contributed by atoms with Gasteiger partial charge in [-0.25, -0.2) is 4.79 Å². The van der Waals surface area contributed by atoms with E-state index in [1.807, 2.05) is 20.8 Å². The fraction of sp³-hybridized carbons (Fsp3) is 0.556. The summed E-state index contributed by atoms with van der Waals surface area (Å²) < 4.78 is 5.56. The van der Waals surface area contributed by atoms with Gasteiger partial charge < -0.3 is 15.4 Å². The lowest BCUT2D eigenvalue weighted by Gasteiger charge is -2.21. The van der Waals surface area contributed by atoms with Crippen molar-refractivity contribution in [1.82, 2.24) is 5.32 Å². The van der Waals surface area contributed by atoms with Crippen molar-refractivity contribution in [1.29, 1.82) is 5.41 Å². The highest BCUT2D eigenvalue weighted by molar-refractivity contribution is 8.15. The molecule has 0 bridgehead atoms. The van der Waals surface area contributed by atoms with Crippen LogP contribution in [0.3, 0.4) is 0 Å². The van der Waals surface area contributed by atoms with E-state index in [0.29, 0.717) is 10.6 Å². The minimum Gasteiger partial charge on any atom is -0.456 e. The molecule has 1 aliphatic carbocycles. The lowest BCUT2D eigenvalue weighted by molar-refractivity contribution is -0.122. The molecule has 146 valence electrons. The summed E-state index contributed by atoms with van der Waals surface area (Å²) in [6.45, 7) is 5.44. The minimum atomic E-state index is -0.624. The number of ether oxygens (including phenoxy) is 1. The number of hydrogen-bond donors (Lipinski definition) is 3. The Hall–Kier alpha value is -1.87. The van der Waals surface area contributed by atoms with Gasteiger partial charge in [0, 0.05) is 11.3 Å². The van der Waals surface area contributed by atoms with Gasteiger partial charge in [0.25, 0.3) is 0 Å². The van der Waals surface area contributed by atoms with Crippen LogP contribution < -0.4 is 10.6 Å². The number of thioether (sulfide) groups is 1. The topological polar surface area (TPSA) is 108 Å². The number of hydrogen-bond acceptors (Lipinski definition) is 7. The summed E-state index contributed by atoms with van der Waals surface area (Å²) in [7, 11) is 0. The van der Waals surface area contributed by atoms with E-state index in [-0.39, 0.29) is 23.4 Å². The fourth-order valence-electron chi connectivity index (χ4n) is 3.10. The largest absolute Gasteiger partial charge is 0.456 e. The third-order valence-electron chi connectivity index (χ3n) is 4.19. The number of aryl methyl sites for hydroxylation is 1. The first-order chi connectivity index (χ1) is 12.6. The second-order valence-corrected chi connectivity index (χ2v) is 9.91. The molecule has 2 amide bonds. The highest BCUT2D eigenvalue weighted by Gasteiger charge is 2.33. The van der Waals surface area contributed by atoms with Gasteiger partial charge in [-0.1, -0.05) is 11.8 Å². The van der Waals surface area contributed by atoms with Gasteiger partial charge in [-0.15, -0.1) is 11.3 Å². The first-order valence-corrected chi connectivity index (χ1v) is 10.6. The SMILES string of the molecule is CC(C)(C)OC(=O)c1c(NC(=O)CC2SC(=N)NC2=O)sc2c1CCCC2. The van der Waals surface area contributed by atoms with Gasteiger partial charge in [0.2, 0.25) is 11.8 Å². The third kappa shape index (κ3) is 4.70. The van der Waals surface area contributed by atoms with Crippen molar-refractivity contribution >= 4 is 51.1 Å². The molecule has 1 aromatic heterocycles. The number of nitrogens with one attached hydrogen (secondary N) is 3. The summed E-state index contributed by atoms with van der Waals surface area (Å²) in [5.74, 6) is -1.11. The average molecular weight is 410 g/mol. The molecule has 0 radical (unpaired) electrons. The quantitative estimate of drug-likeness (QED) is 0.662. The van der Waals surface area contributed by atoms with Crippen molar-refractivity contribution in [2.24, 2.45) is 0 Å². The predicted molar refractivity (Wildman–Crippen MR) is 107 cm³/mol. The summed E-state index contributed by atoms with van der Waals surface area (Å²) in [6.07, 6.45) is 3.72. The van der Waals surface area contributed by atoms with Crippen LogP contribution in [0.15, 0.2) is 0 Å². The zero-order chi connectivity index (χ0) is 19.8. The number of carbonyl (C=O) groups excluding carboxylic acids is 3. The standard InChI is InChI=1S/C18H23N3O4S2/c1-18(2,3)25-16(24)13-9-6-4-5-7-10(9)26-15(13)20-12(22)8-11-14(23)21-17(19)27-11/h11H,4-8H2,1-3H3,(H,20,22)(H2,19,21,23). The van der Waals surface area contributed by atoms with Gasteiger partial charge in [-0.2, -0.15) is 0 Å². The van der Waals surface area contributed by atoms with Crippen LogP contribution in [0, 0.1) is 5.41 Å². The van der Waals surface area contributed by atoms with Crippen molar-refractivity contribution in [3.8, 4) is 0 Å². The van der Waals surface area contributed by atoms with Crippen LogP contribution in [-0.2, 0) is 27.2 Å². The van der Waals surface area contributed by atoms with Crippen molar-refractivity contribution in [3.63, 3.8) is 0 Å². The molecule has 0 aromatic carbocycles. The average Bonchev–Trinajstić information content (AvgIpc) is 3.04. The van der Waals surface area contributed by atoms with E-state index >= 15 is 0 Å². The number of amidine groups is 1.